The monoisotopic (exact) mass is 313 g/mol. The lowest BCUT2D eigenvalue weighted by Crippen LogP contribution is -2.37. The number of benzene rings is 1. The molecule has 1 aromatic carbocycles. The fourth-order valence-electron chi connectivity index (χ4n) is 3.77. The number of hydrogen-bond donors (Lipinski definition) is 1. The first-order chi connectivity index (χ1) is 11.2. The SMILES string of the molecule is OC(CCc1ccc(F)cc1)(c1cccnc1)C1CCCCC1. The maximum atomic E-state index is 13.1. The molecular formula is C20H24FNO. The summed E-state index contributed by atoms with van der Waals surface area (Å²) in [5.74, 6) is 0.0597. The zero-order chi connectivity index (χ0) is 16.1. The van der Waals surface area contributed by atoms with Crippen LogP contribution in [0.3, 0.4) is 0 Å². The molecule has 1 aliphatic carbocycles. The molecule has 1 aromatic heterocycles. The molecule has 3 heteroatoms. The summed E-state index contributed by atoms with van der Waals surface area (Å²) in [6, 6.07) is 10.4. The molecule has 1 saturated carbocycles. The Hall–Kier alpha value is -1.74. The van der Waals surface area contributed by atoms with Crippen molar-refractivity contribution in [1.82, 2.24) is 4.98 Å². The normalized spacial score (nSPS) is 18.5. The van der Waals surface area contributed by atoms with Gasteiger partial charge in [-0.2, -0.15) is 0 Å². The van der Waals surface area contributed by atoms with Gasteiger partial charge in [0.1, 0.15) is 5.82 Å². The van der Waals surface area contributed by atoms with Crippen LogP contribution in [-0.4, -0.2) is 10.1 Å². The molecule has 23 heavy (non-hydrogen) atoms. The molecular weight excluding hydrogens is 289 g/mol. The third kappa shape index (κ3) is 3.78. The molecule has 0 amide bonds. The summed E-state index contributed by atoms with van der Waals surface area (Å²) < 4.78 is 13.1. The maximum Gasteiger partial charge on any atom is 0.123 e. The average molecular weight is 313 g/mol. The van der Waals surface area contributed by atoms with Crippen molar-refractivity contribution in [3.8, 4) is 0 Å². The van der Waals surface area contributed by atoms with Crippen molar-refractivity contribution in [1.29, 1.82) is 0 Å². The highest BCUT2D eigenvalue weighted by Crippen LogP contribution is 2.42. The number of pyridine rings is 1. The molecule has 0 radical (unpaired) electrons. The summed E-state index contributed by atoms with van der Waals surface area (Å²) in [6.07, 6.45) is 10.7. The molecule has 1 unspecified atom stereocenters. The van der Waals surface area contributed by atoms with Gasteiger partial charge in [-0.3, -0.25) is 4.98 Å². The Morgan fingerprint density at radius 2 is 1.83 bits per heavy atom. The van der Waals surface area contributed by atoms with Gasteiger partial charge in [0.25, 0.3) is 0 Å². The third-order valence-corrected chi connectivity index (χ3v) is 5.15. The molecule has 0 spiro atoms. The van der Waals surface area contributed by atoms with Crippen LogP contribution >= 0.6 is 0 Å². The Labute approximate surface area is 137 Å². The van der Waals surface area contributed by atoms with E-state index in [2.05, 4.69) is 4.98 Å². The van der Waals surface area contributed by atoms with E-state index in [1.807, 2.05) is 12.1 Å². The Morgan fingerprint density at radius 1 is 1.09 bits per heavy atom. The Morgan fingerprint density at radius 3 is 2.48 bits per heavy atom. The van der Waals surface area contributed by atoms with E-state index >= 15 is 0 Å². The standard InChI is InChI=1S/C20H24FNO/c21-19-10-8-16(9-11-19)12-13-20(23,17-5-2-1-3-6-17)18-7-4-14-22-15-18/h4,7-11,14-15,17,23H,1-3,5-6,12-13H2. The van der Waals surface area contributed by atoms with Gasteiger partial charge in [0.2, 0.25) is 0 Å². The summed E-state index contributed by atoms with van der Waals surface area (Å²) in [6.45, 7) is 0. The minimum atomic E-state index is -0.844. The predicted molar refractivity (Wildman–Crippen MR) is 89.4 cm³/mol. The number of nitrogens with zero attached hydrogens (tertiary/aromatic N) is 1. The molecule has 1 aliphatic rings. The second kappa shape index (κ2) is 7.22. The van der Waals surface area contributed by atoms with Crippen molar-refractivity contribution < 1.29 is 9.50 Å². The minimum absolute atomic E-state index is 0.219. The van der Waals surface area contributed by atoms with E-state index in [4.69, 9.17) is 0 Å². The van der Waals surface area contributed by atoms with E-state index in [0.29, 0.717) is 6.42 Å². The van der Waals surface area contributed by atoms with Gasteiger partial charge in [-0.1, -0.05) is 37.5 Å². The van der Waals surface area contributed by atoms with Crippen molar-refractivity contribution in [2.24, 2.45) is 5.92 Å². The lowest BCUT2D eigenvalue weighted by atomic mass is 9.71. The molecule has 1 atom stereocenters. The van der Waals surface area contributed by atoms with E-state index in [9.17, 15) is 9.50 Å². The third-order valence-electron chi connectivity index (χ3n) is 5.15. The first-order valence-corrected chi connectivity index (χ1v) is 8.56. The van der Waals surface area contributed by atoms with Crippen LogP contribution in [0, 0.1) is 11.7 Å². The van der Waals surface area contributed by atoms with Crippen molar-refractivity contribution in [3.05, 3.63) is 65.7 Å². The number of aromatic nitrogens is 1. The summed E-state index contributed by atoms with van der Waals surface area (Å²) in [5, 5.41) is 11.5. The maximum absolute atomic E-state index is 13.1. The van der Waals surface area contributed by atoms with Crippen LogP contribution < -0.4 is 0 Å². The van der Waals surface area contributed by atoms with E-state index in [1.165, 1.54) is 31.4 Å². The van der Waals surface area contributed by atoms with Gasteiger partial charge < -0.3 is 5.11 Å². The zero-order valence-electron chi connectivity index (χ0n) is 13.4. The van der Waals surface area contributed by atoms with Gasteiger partial charge in [-0.15, -0.1) is 0 Å². The number of aryl methyl sites for hydroxylation is 1. The van der Waals surface area contributed by atoms with E-state index in [0.717, 1.165) is 30.4 Å². The molecule has 122 valence electrons. The largest absolute Gasteiger partial charge is 0.385 e. The van der Waals surface area contributed by atoms with Crippen molar-refractivity contribution in [3.63, 3.8) is 0 Å². The fourth-order valence-corrected chi connectivity index (χ4v) is 3.77. The van der Waals surface area contributed by atoms with Crippen LogP contribution in [0.15, 0.2) is 48.8 Å². The highest BCUT2D eigenvalue weighted by molar-refractivity contribution is 5.22. The van der Waals surface area contributed by atoms with Crippen LogP contribution in [0.4, 0.5) is 4.39 Å². The Bertz CT molecular complexity index is 607. The van der Waals surface area contributed by atoms with Crippen molar-refractivity contribution in [2.75, 3.05) is 0 Å². The smallest absolute Gasteiger partial charge is 0.123 e. The quantitative estimate of drug-likeness (QED) is 0.873. The summed E-state index contributed by atoms with van der Waals surface area (Å²) >= 11 is 0. The van der Waals surface area contributed by atoms with Crippen LogP contribution in [0.2, 0.25) is 0 Å². The number of halogens is 1. The van der Waals surface area contributed by atoms with E-state index < -0.39 is 5.60 Å². The Kier molecular flexibility index (Phi) is 5.06. The second-order valence-corrected chi connectivity index (χ2v) is 6.63. The van der Waals surface area contributed by atoms with E-state index in [-0.39, 0.29) is 11.7 Å². The van der Waals surface area contributed by atoms with Crippen LogP contribution in [0.1, 0.15) is 49.7 Å². The highest BCUT2D eigenvalue weighted by Gasteiger charge is 2.38. The van der Waals surface area contributed by atoms with Gasteiger partial charge in [0, 0.05) is 18.0 Å². The lowest BCUT2D eigenvalue weighted by Gasteiger charge is -2.39. The lowest BCUT2D eigenvalue weighted by molar-refractivity contribution is -0.0461. The molecule has 2 aromatic rings. The fraction of sp³-hybridized carbons (Fsp3) is 0.450. The van der Waals surface area contributed by atoms with Gasteiger partial charge in [-0.05, 0) is 55.4 Å². The molecule has 0 bridgehead atoms. The summed E-state index contributed by atoms with van der Waals surface area (Å²) in [7, 11) is 0. The molecule has 0 saturated heterocycles. The van der Waals surface area contributed by atoms with Crippen molar-refractivity contribution >= 4 is 0 Å². The van der Waals surface area contributed by atoms with Crippen LogP contribution in [0.5, 0.6) is 0 Å². The number of rotatable bonds is 5. The summed E-state index contributed by atoms with van der Waals surface area (Å²) in [4.78, 5) is 4.20. The first kappa shape index (κ1) is 16.1. The predicted octanol–water partition coefficient (Wildman–Crippen LogP) is 4.62. The average Bonchev–Trinajstić information content (AvgIpc) is 2.62. The number of aliphatic hydroxyl groups is 1. The molecule has 1 N–H and O–H groups in total. The number of hydrogen-bond acceptors (Lipinski definition) is 2. The topological polar surface area (TPSA) is 33.1 Å². The Balaban J connectivity index is 1.81. The molecule has 1 fully saturated rings. The minimum Gasteiger partial charge on any atom is -0.385 e. The van der Waals surface area contributed by atoms with E-state index in [1.54, 1.807) is 24.5 Å². The first-order valence-electron chi connectivity index (χ1n) is 8.56. The zero-order valence-corrected chi connectivity index (χ0v) is 13.4. The molecule has 3 rings (SSSR count). The molecule has 1 heterocycles. The van der Waals surface area contributed by atoms with Gasteiger partial charge in [0.15, 0.2) is 0 Å². The second-order valence-electron chi connectivity index (χ2n) is 6.63. The highest BCUT2D eigenvalue weighted by atomic mass is 19.1. The van der Waals surface area contributed by atoms with Crippen molar-refractivity contribution in [2.45, 2.75) is 50.5 Å². The molecule has 2 nitrogen and oxygen atoms in total. The summed E-state index contributed by atoms with van der Waals surface area (Å²) in [5.41, 5.74) is 1.13. The van der Waals surface area contributed by atoms with Crippen LogP contribution in [-0.2, 0) is 12.0 Å². The van der Waals surface area contributed by atoms with Gasteiger partial charge >= 0.3 is 0 Å². The van der Waals surface area contributed by atoms with Gasteiger partial charge in [-0.25, -0.2) is 4.39 Å². The molecule has 0 aliphatic heterocycles. The van der Waals surface area contributed by atoms with Gasteiger partial charge in [0.05, 0.1) is 5.60 Å². The van der Waals surface area contributed by atoms with Crippen LogP contribution in [0.25, 0.3) is 0 Å².